The van der Waals surface area contributed by atoms with Gasteiger partial charge in [0.2, 0.25) is 11.8 Å². The summed E-state index contributed by atoms with van der Waals surface area (Å²) in [6, 6.07) is 9.72. The van der Waals surface area contributed by atoms with Crippen LogP contribution in [0.1, 0.15) is 36.0 Å². The third-order valence-corrected chi connectivity index (χ3v) is 6.39. The minimum absolute atomic E-state index is 0.0102. The van der Waals surface area contributed by atoms with Crippen molar-refractivity contribution >= 4 is 18.3 Å². The van der Waals surface area contributed by atoms with Gasteiger partial charge in [-0.1, -0.05) is 30.3 Å². The molecule has 172 valence electrons. The van der Waals surface area contributed by atoms with Crippen LogP contribution in [-0.4, -0.2) is 81.3 Å². The van der Waals surface area contributed by atoms with Crippen LogP contribution < -0.4 is 0 Å². The lowest BCUT2D eigenvalue weighted by Gasteiger charge is -2.32. The molecular weight excluding hydrogens is 416 g/mol. The van der Waals surface area contributed by atoms with Crippen LogP contribution in [0.3, 0.4) is 0 Å². The molecule has 3 heterocycles. The van der Waals surface area contributed by atoms with Crippen molar-refractivity contribution in [3.8, 4) is 0 Å². The maximum Gasteiger partial charge on any atom is 0.311 e. The zero-order chi connectivity index (χ0) is 23.5. The highest BCUT2D eigenvalue weighted by molar-refractivity contribution is 5.90. The molecule has 10 nitrogen and oxygen atoms in total. The molecule has 2 amide bonds. The van der Waals surface area contributed by atoms with E-state index in [0.717, 1.165) is 5.56 Å². The Morgan fingerprint density at radius 3 is 2.31 bits per heavy atom. The van der Waals surface area contributed by atoms with Gasteiger partial charge in [0, 0.05) is 44.4 Å². The summed E-state index contributed by atoms with van der Waals surface area (Å²) < 4.78 is 5.26. The van der Waals surface area contributed by atoms with E-state index in [2.05, 4.69) is 10.2 Å². The van der Waals surface area contributed by atoms with E-state index < -0.39 is 10.8 Å². The fraction of sp³-hybridized carbons (Fsp3) is 0.500. The van der Waals surface area contributed by atoms with E-state index in [9.17, 15) is 14.7 Å². The Labute approximate surface area is 185 Å². The van der Waals surface area contributed by atoms with Gasteiger partial charge >= 0.3 is 11.8 Å². The minimum atomic E-state index is -0.659. The molecule has 1 aromatic carbocycles. The van der Waals surface area contributed by atoms with Crippen LogP contribution in [0.2, 0.25) is 0 Å². The molecule has 2 fully saturated rings. The van der Waals surface area contributed by atoms with E-state index in [1.807, 2.05) is 49.1 Å². The van der Waals surface area contributed by atoms with Gasteiger partial charge in [0.15, 0.2) is 0 Å². The van der Waals surface area contributed by atoms with Gasteiger partial charge in [0.05, 0.1) is 12.0 Å². The highest BCUT2D eigenvalue weighted by atomic mass is 16.4. The van der Waals surface area contributed by atoms with Crippen LogP contribution in [0, 0.1) is 18.3 Å². The standard InChI is InChI=1S/C21H26N4O4.CH2O2/c1-14-22-23-17(29-14)18(27)24-9-16-10-25(12-21(16,11-24)13-26)19(28)20(2,3)15-7-5-4-6-8-15;2-1-3/h4-8,16,26H,9-13H2,1-3H3;1H,(H,2,3)/t16-,21+;/m0./s1. The molecule has 2 N–H and O–H groups in total. The maximum absolute atomic E-state index is 13.3. The van der Waals surface area contributed by atoms with Crippen LogP contribution in [0.25, 0.3) is 0 Å². The zero-order valence-electron chi connectivity index (χ0n) is 18.4. The molecule has 0 spiro atoms. The average Bonchev–Trinajstić information content (AvgIpc) is 3.46. The number of hydrogen-bond donors (Lipinski definition) is 2. The van der Waals surface area contributed by atoms with Crippen molar-refractivity contribution in [2.24, 2.45) is 11.3 Å². The van der Waals surface area contributed by atoms with Crippen LogP contribution in [0.4, 0.5) is 0 Å². The van der Waals surface area contributed by atoms with Crippen molar-refractivity contribution in [1.29, 1.82) is 0 Å². The Bertz CT molecular complexity index is 976. The molecule has 32 heavy (non-hydrogen) atoms. The van der Waals surface area contributed by atoms with Gasteiger partial charge in [0.1, 0.15) is 0 Å². The SMILES string of the molecule is Cc1nnc(C(=O)N2C[C@H]3CN(C(=O)C(C)(C)c4ccccc4)C[C@@]3(CO)C2)o1.O=CO. The van der Waals surface area contributed by atoms with E-state index in [0.29, 0.717) is 32.1 Å². The van der Waals surface area contributed by atoms with Crippen LogP contribution in [-0.2, 0) is 15.0 Å². The molecule has 2 saturated heterocycles. The van der Waals surface area contributed by atoms with Crippen molar-refractivity contribution in [3.63, 3.8) is 0 Å². The normalized spacial score (nSPS) is 22.2. The smallest absolute Gasteiger partial charge is 0.311 e. The predicted octanol–water partition coefficient (Wildman–Crippen LogP) is 0.950. The Hall–Kier alpha value is -3.27. The second kappa shape index (κ2) is 9.07. The Morgan fingerprint density at radius 2 is 1.78 bits per heavy atom. The molecule has 10 heteroatoms. The molecule has 0 unspecified atom stereocenters. The third kappa shape index (κ3) is 4.22. The molecule has 4 rings (SSSR count). The molecule has 2 atom stereocenters. The third-order valence-electron chi connectivity index (χ3n) is 6.39. The van der Waals surface area contributed by atoms with Gasteiger partial charge in [-0.05, 0) is 19.4 Å². The van der Waals surface area contributed by atoms with E-state index in [1.165, 1.54) is 0 Å². The number of benzene rings is 1. The Kier molecular flexibility index (Phi) is 6.63. The number of rotatable bonds is 4. The number of carboxylic acid groups (broad SMARTS) is 1. The first kappa shape index (κ1) is 23.4. The second-order valence-electron chi connectivity index (χ2n) is 8.81. The van der Waals surface area contributed by atoms with Crippen molar-refractivity contribution in [1.82, 2.24) is 20.0 Å². The highest BCUT2D eigenvalue weighted by Crippen LogP contribution is 2.44. The van der Waals surface area contributed by atoms with E-state index in [1.54, 1.807) is 11.8 Å². The number of aliphatic hydroxyl groups is 1. The lowest BCUT2D eigenvalue weighted by Crippen LogP contribution is -2.46. The second-order valence-corrected chi connectivity index (χ2v) is 8.81. The van der Waals surface area contributed by atoms with Gasteiger partial charge in [0.25, 0.3) is 6.47 Å². The lowest BCUT2D eigenvalue weighted by molar-refractivity contribution is -0.136. The topological polar surface area (TPSA) is 137 Å². The monoisotopic (exact) mass is 444 g/mol. The molecule has 2 aromatic rings. The summed E-state index contributed by atoms with van der Waals surface area (Å²) in [5.74, 6) is 0.0286. The van der Waals surface area contributed by atoms with E-state index in [4.69, 9.17) is 14.3 Å². The van der Waals surface area contributed by atoms with E-state index in [-0.39, 0.29) is 36.7 Å². The number of fused-ring (bicyclic) bond motifs is 1. The molecule has 2 aliphatic rings. The molecule has 0 radical (unpaired) electrons. The molecular formula is C22H28N4O6. The molecule has 2 aliphatic heterocycles. The van der Waals surface area contributed by atoms with Crippen LogP contribution in [0.15, 0.2) is 34.7 Å². The van der Waals surface area contributed by atoms with Crippen molar-refractivity contribution in [3.05, 3.63) is 47.7 Å². The minimum Gasteiger partial charge on any atom is -0.483 e. The van der Waals surface area contributed by atoms with Gasteiger partial charge in [-0.2, -0.15) is 0 Å². The predicted molar refractivity (Wildman–Crippen MR) is 113 cm³/mol. The van der Waals surface area contributed by atoms with Gasteiger partial charge < -0.3 is 24.4 Å². The largest absolute Gasteiger partial charge is 0.483 e. The number of aromatic nitrogens is 2. The number of aliphatic hydroxyl groups excluding tert-OH is 1. The summed E-state index contributed by atoms with van der Waals surface area (Å²) in [4.78, 5) is 37.9. The fourth-order valence-corrected chi connectivity index (χ4v) is 4.60. The number of likely N-dealkylation sites (tertiary alicyclic amines) is 2. The average molecular weight is 444 g/mol. The summed E-state index contributed by atoms with van der Waals surface area (Å²) in [6.07, 6.45) is 0. The summed E-state index contributed by atoms with van der Waals surface area (Å²) in [7, 11) is 0. The summed E-state index contributed by atoms with van der Waals surface area (Å²) >= 11 is 0. The van der Waals surface area contributed by atoms with Gasteiger partial charge in [-0.25, -0.2) is 0 Å². The maximum atomic E-state index is 13.3. The zero-order valence-corrected chi connectivity index (χ0v) is 18.4. The first-order valence-electron chi connectivity index (χ1n) is 10.3. The van der Waals surface area contributed by atoms with E-state index >= 15 is 0 Å². The molecule has 0 bridgehead atoms. The van der Waals surface area contributed by atoms with Crippen molar-refractivity contribution < 1.29 is 29.0 Å². The number of aryl methyl sites for hydroxylation is 1. The number of carbonyl (C=O) groups excluding carboxylic acids is 2. The molecule has 0 saturated carbocycles. The first-order valence-corrected chi connectivity index (χ1v) is 10.3. The summed E-state index contributed by atoms with van der Waals surface area (Å²) in [5.41, 5.74) is -0.218. The van der Waals surface area contributed by atoms with Crippen LogP contribution in [0.5, 0.6) is 0 Å². The fourth-order valence-electron chi connectivity index (χ4n) is 4.60. The van der Waals surface area contributed by atoms with Crippen molar-refractivity contribution in [2.75, 3.05) is 32.8 Å². The molecule has 0 aliphatic carbocycles. The highest BCUT2D eigenvalue weighted by Gasteiger charge is 2.55. The number of carbonyl (C=O) groups is 3. The number of amides is 2. The quantitative estimate of drug-likeness (QED) is 0.665. The Morgan fingerprint density at radius 1 is 1.19 bits per heavy atom. The van der Waals surface area contributed by atoms with Crippen molar-refractivity contribution in [2.45, 2.75) is 26.2 Å². The lowest BCUT2D eigenvalue weighted by atomic mass is 9.82. The Balaban J connectivity index is 0.000000913. The molecule has 1 aromatic heterocycles. The number of hydrogen-bond acceptors (Lipinski definition) is 7. The first-order chi connectivity index (χ1) is 15.2. The number of nitrogens with zero attached hydrogens (tertiary/aromatic N) is 4. The summed E-state index contributed by atoms with van der Waals surface area (Å²) in [6.45, 7) is 6.92. The summed E-state index contributed by atoms with van der Waals surface area (Å²) in [5, 5.41) is 24.6. The van der Waals surface area contributed by atoms with Gasteiger partial charge in [-0.15, -0.1) is 10.2 Å². The van der Waals surface area contributed by atoms with Gasteiger partial charge in [-0.3, -0.25) is 14.4 Å². The van der Waals surface area contributed by atoms with Crippen LogP contribution >= 0.6 is 0 Å².